The molecule has 0 saturated carbocycles. The summed E-state index contributed by atoms with van der Waals surface area (Å²) in [6, 6.07) is 18.9. The number of urea groups is 1. The Morgan fingerprint density at radius 1 is 1.13 bits per heavy atom. The highest BCUT2D eigenvalue weighted by atomic mass is 16.2. The minimum absolute atomic E-state index is 0.0984. The lowest BCUT2D eigenvalue weighted by molar-refractivity contribution is 0.185. The molecule has 23 heavy (non-hydrogen) atoms. The maximum Gasteiger partial charge on any atom is 0.325 e. The molecular weight excluding hydrogens is 284 g/mol. The molecular formula is C20H24N2O. The Kier molecular flexibility index (Phi) is 4.37. The van der Waals surface area contributed by atoms with Gasteiger partial charge in [-0.15, -0.1) is 0 Å². The van der Waals surface area contributed by atoms with Crippen molar-refractivity contribution in [1.82, 2.24) is 4.90 Å². The molecule has 0 aliphatic carbocycles. The molecule has 0 fully saturated rings. The molecule has 3 nitrogen and oxygen atoms in total. The number of carbonyl (C=O) groups excluding carboxylic acids is 1. The van der Waals surface area contributed by atoms with Crippen molar-refractivity contribution in [1.29, 1.82) is 0 Å². The highest BCUT2D eigenvalue weighted by molar-refractivity contribution is 5.95. The van der Waals surface area contributed by atoms with Gasteiger partial charge >= 0.3 is 6.03 Å². The zero-order valence-corrected chi connectivity index (χ0v) is 14.1. The van der Waals surface area contributed by atoms with Gasteiger partial charge in [0.1, 0.15) is 0 Å². The SMILES string of the molecule is CC(C)N(Cc1ccccc1)C(=O)N1c2ccccc2CC1C. The standard InChI is InChI=1S/C20H24N2O/c1-15(2)21(14-17-9-5-4-6-10-17)20(23)22-16(3)13-18-11-7-8-12-19(18)22/h4-12,15-16H,13-14H2,1-3H3. The maximum atomic E-state index is 13.2. The van der Waals surface area contributed by atoms with Gasteiger partial charge in [0.15, 0.2) is 0 Å². The van der Waals surface area contributed by atoms with Crippen molar-refractivity contribution >= 4 is 11.7 Å². The first kappa shape index (κ1) is 15.6. The lowest BCUT2D eigenvalue weighted by atomic mass is 10.1. The first-order valence-corrected chi connectivity index (χ1v) is 8.29. The molecule has 0 radical (unpaired) electrons. The normalized spacial score (nSPS) is 16.5. The fraction of sp³-hybridized carbons (Fsp3) is 0.350. The molecule has 0 N–H and O–H groups in total. The van der Waals surface area contributed by atoms with Crippen molar-refractivity contribution in [2.24, 2.45) is 0 Å². The molecule has 0 aromatic heterocycles. The van der Waals surface area contributed by atoms with Crippen molar-refractivity contribution < 1.29 is 4.79 Å². The quantitative estimate of drug-likeness (QED) is 0.820. The molecule has 1 unspecified atom stereocenters. The van der Waals surface area contributed by atoms with Crippen LogP contribution in [-0.4, -0.2) is 23.0 Å². The van der Waals surface area contributed by atoms with Gasteiger partial charge in [-0.1, -0.05) is 48.5 Å². The van der Waals surface area contributed by atoms with Gasteiger partial charge in [0.25, 0.3) is 0 Å². The van der Waals surface area contributed by atoms with Crippen molar-refractivity contribution in [3.63, 3.8) is 0 Å². The Hall–Kier alpha value is -2.29. The Morgan fingerprint density at radius 2 is 1.78 bits per heavy atom. The number of amides is 2. The second-order valence-corrected chi connectivity index (χ2v) is 6.54. The van der Waals surface area contributed by atoms with Crippen LogP contribution in [0.5, 0.6) is 0 Å². The summed E-state index contributed by atoms with van der Waals surface area (Å²) < 4.78 is 0. The molecule has 1 aliphatic heterocycles. The number of fused-ring (bicyclic) bond motifs is 1. The first-order valence-electron chi connectivity index (χ1n) is 8.29. The third kappa shape index (κ3) is 3.09. The van der Waals surface area contributed by atoms with E-state index < -0.39 is 0 Å². The van der Waals surface area contributed by atoms with E-state index in [1.165, 1.54) is 5.56 Å². The predicted molar refractivity (Wildman–Crippen MR) is 94.6 cm³/mol. The van der Waals surface area contributed by atoms with Crippen molar-refractivity contribution in [3.05, 3.63) is 65.7 Å². The number of carbonyl (C=O) groups is 1. The van der Waals surface area contributed by atoms with Crippen LogP contribution in [-0.2, 0) is 13.0 Å². The molecule has 0 saturated heterocycles. The molecule has 1 atom stereocenters. The second-order valence-electron chi connectivity index (χ2n) is 6.54. The first-order chi connectivity index (χ1) is 11.1. The van der Waals surface area contributed by atoms with Crippen LogP contribution in [0.2, 0.25) is 0 Å². The predicted octanol–water partition coefficient (Wildman–Crippen LogP) is 4.47. The maximum absolute atomic E-state index is 13.2. The molecule has 3 heteroatoms. The van der Waals surface area contributed by atoms with Gasteiger partial charge in [0, 0.05) is 24.3 Å². The van der Waals surface area contributed by atoms with E-state index in [1.54, 1.807) is 0 Å². The average Bonchev–Trinajstić information content (AvgIpc) is 2.88. The topological polar surface area (TPSA) is 23.6 Å². The van der Waals surface area contributed by atoms with Crippen LogP contribution in [0.3, 0.4) is 0 Å². The Bertz CT molecular complexity index is 681. The number of benzene rings is 2. The van der Waals surface area contributed by atoms with Gasteiger partial charge in [0.05, 0.1) is 0 Å². The lowest BCUT2D eigenvalue weighted by Crippen LogP contribution is -2.48. The van der Waals surface area contributed by atoms with Gasteiger partial charge in [-0.2, -0.15) is 0 Å². The second kappa shape index (κ2) is 6.45. The van der Waals surface area contributed by atoms with Crippen LogP contribution in [0.15, 0.2) is 54.6 Å². The van der Waals surface area contributed by atoms with Gasteiger partial charge in [-0.25, -0.2) is 4.79 Å². The van der Waals surface area contributed by atoms with Crippen molar-refractivity contribution in [2.75, 3.05) is 4.90 Å². The largest absolute Gasteiger partial charge is 0.325 e. The highest BCUT2D eigenvalue weighted by Gasteiger charge is 2.34. The highest BCUT2D eigenvalue weighted by Crippen LogP contribution is 2.33. The molecule has 2 amide bonds. The smallest absolute Gasteiger partial charge is 0.318 e. The summed E-state index contributed by atoms with van der Waals surface area (Å²) in [6.45, 7) is 6.92. The average molecular weight is 308 g/mol. The summed E-state index contributed by atoms with van der Waals surface area (Å²) in [6.07, 6.45) is 0.930. The summed E-state index contributed by atoms with van der Waals surface area (Å²) in [4.78, 5) is 17.1. The monoisotopic (exact) mass is 308 g/mol. The molecule has 2 aromatic carbocycles. The molecule has 120 valence electrons. The van der Waals surface area contributed by atoms with Crippen LogP contribution in [0.1, 0.15) is 31.9 Å². The van der Waals surface area contributed by atoms with E-state index in [0.717, 1.165) is 17.7 Å². The summed E-state index contributed by atoms with van der Waals surface area (Å²) in [5.41, 5.74) is 3.48. The van der Waals surface area contributed by atoms with E-state index >= 15 is 0 Å². The van der Waals surface area contributed by atoms with E-state index in [0.29, 0.717) is 6.54 Å². The van der Waals surface area contributed by atoms with E-state index in [1.807, 2.05) is 40.1 Å². The van der Waals surface area contributed by atoms with Gasteiger partial charge in [0.2, 0.25) is 0 Å². The minimum atomic E-state index is 0.0984. The van der Waals surface area contributed by atoms with Gasteiger partial charge in [-0.3, -0.25) is 4.90 Å². The Morgan fingerprint density at radius 3 is 2.48 bits per heavy atom. The summed E-state index contributed by atoms with van der Waals surface area (Å²) in [5.74, 6) is 0. The fourth-order valence-electron chi connectivity index (χ4n) is 3.25. The molecule has 1 aliphatic rings. The minimum Gasteiger partial charge on any atom is -0.318 e. The van der Waals surface area contributed by atoms with Gasteiger partial charge in [-0.05, 0) is 44.4 Å². The molecule has 0 spiro atoms. The molecule has 1 heterocycles. The summed E-state index contributed by atoms with van der Waals surface area (Å²) in [7, 11) is 0. The number of rotatable bonds is 3. The third-order valence-corrected chi connectivity index (χ3v) is 4.48. The Labute approximate surface area is 138 Å². The summed E-state index contributed by atoms with van der Waals surface area (Å²) in [5, 5.41) is 0. The van der Waals surface area contributed by atoms with E-state index in [9.17, 15) is 4.79 Å². The Balaban J connectivity index is 1.87. The van der Waals surface area contributed by atoms with Crippen molar-refractivity contribution in [2.45, 2.75) is 45.8 Å². The molecule has 2 aromatic rings. The van der Waals surface area contributed by atoms with E-state index in [4.69, 9.17) is 0 Å². The number of nitrogens with zero attached hydrogens (tertiary/aromatic N) is 2. The number of anilines is 1. The molecule has 3 rings (SSSR count). The van der Waals surface area contributed by atoms with Gasteiger partial charge < -0.3 is 4.90 Å². The number of hydrogen-bond acceptors (Lipinski definition) is 1. The van der Waals surface area contributed by atoms with Crippen LogP contribution >= 0.6 is 0 Å². The van der Waals surface area contributed by atoms with Crippen molar-refractivity contribution in [3.8, 4) is 0 Å². The lowest BCUT2D eigenvalue weighted by Gasteiger charge is -2.33. The third-order valence-electron chi connectivity index (χ3n) is 4.48. The number of hydrogen-bond donors (Lipinski definition) is 0. The number of para-hydroxylation sites is 1. The zero-order valence-electron chi connectivity index (χ0n) is 14.1. The van der Waals surface area contributed by atoms with Crippen LogP contribution in [0.25, 0.3) is 0 Å². The van der Waals surface area contributed by atoms with Crippen LogP contribution in [0.4, 0.5) is 10.5 Å². The van der Waals surface area contributed by atoms with E-state index in [-0.39, 0.29) is 18.1 Å². The summed E-state index contributed by atoms with van der Waals surface area (Å²) >= 11 is 0. The van der Waals surface area contributed by atoms with Crippen LogP contribution in [0, 0.1) is 0 Å². The van der Waals surface area contributed by atoms with E-state index in [2.05, 4.69) is 45.0 Å². The fourth-order valence-corrected chi connectivity index (χ4v) is 3.25. The zero-order chi connectivity index (χ0) is 16.4. The van der Waals surface area contributed by atoms with Crippen LogP contribution < -0.4 is 4.90 Å². The molecule has 0 bridgehead atoms.